The van der Waals surface area contributed by atoms with Crippen LogP contribution >= 0.6 is 11.3 Å². The van der Waals surface area contributed by atoms with Crippen molar-refractivity contribution in [1.29, 1.82) is 0 Å². The Hall–Kier alpha value is -0.390. The fraction of sp³-hybridized carbons (Fsp3) is 0.667. The maximum absolute atomic E-state index is 12.3. The minimum atomic E-state index is -3.07. The summed E-state index contributed by atoms with van der Waals surface area (Å²) in [5.74, 6) is 0. The Morgan fingerprint density at radius 2 is 2.29 bits per heavy atom. The first-order chi connectivity index (χ1) is 8.14. The minimum Gasteiger partial charge on any atom is -0.314 e. The molecule has 0 radical (unpaired) electrons. The van der Waals surface area contributed by atoms with E-state index in [4.69, 9.17) is 0 Å². The van der Waals surface area contributed by atoms with E-state index in [2.05, 4.69) is 12.2 Å². The van der Waals surface area contributed by atoms with Crippen LogP contribution in [0, 0.1) is 0 Å². The molecule has 1 aliphatic carbocycles. The van der Waals surface area contributed by atoms with Crippen molar-refractivity contribution < 1.29 is 8.42 Å². The number of sulfone groups is 1. The van der Waals surface area contributed by atoms with E-state index in [1.807, 2.05) is 5.38 Å². The van der Waals surface area contributed by atoms with E-state index >= 15 is 0 Å². The van der Waals surface area contributed by atoms with Gasteiger partial charge in [0, 0.05) is 6.04 Å². The maximum atomic E-state index is 12.3. The molecule has 17 heavy (non-hydrogen) atoms. The number of hydrogen-bond acceptors (Lipinski definition) is 4. The maximum Gasteiger partial charge on any atom is 0.190 e. The lowest BCUT2D eigenvalue weighted by Crippen LogP contribution is -2.28. The van der Waals surface area contributed by atoms with Crippen molar-refractivity contribution in [1.82, 2.24) is 5.32 Å². The molecule has 0 bridgehead atoms. The SMILES string of the molecule is CCCNC1CCC(S(=O)(=O)c2cccs2)C1. The van der Waals surface area contributed by atoms with Crippen LogP contribution in [0.2, 0.25) is 0 Å². The first-order valence-electron chi connectivity index (χ1n) is 6.15. The van der Waals surface area contributed by atoms with Crippen LogP contribution in [0.4, 0.5) is 0 Å². The molecule has 3 nitrogen and oxygen atoms in total. The first-order valence-corrected chi connectivity index (χ1v) is 8.58. The zero-order valence-corrected chi connectivity index (χ0v) is 11.7. The summed E-state index contributed by atoms with van der Waals surface area (Å²) >= 11 is 1.33. The van der Waals surface area contributed by atoms with E-state index in [9.17, 15) is 8.42 Å². The lowest BCUT2D eigenvalue weighted by molar-refractivity contribution is 0.520. The van der Waals surface area contributed by atoms with Gasteiger partial charge in [-0.15, -0.1) is 11.3 Å². The second kappa shape index (κ2) is 5.50. The molecule has 0 saturated heterocycles. The second-order valence-electron chi connectivity index (χ2n) is 4.56. The summed E-state index contributed by atoms with van der Waals surface area (Å²) in [4.78, 5) is 0. The molecule has 0 spiro atoms. The smallest absolute Gasteiger partial charge is 0.190 e. The van der Waals surface area contributed by atoms with Gasteiger partial charge >= 0.3 is 0 Å². The van der Waals surface area contributed by atoms with Crippen LogP contribution in [0.25, 0.3) is 0 Å². The van der Waals surface area contributed by atoms with Crippen molar-refractivity contribution in [2.45, 2.75) is 48.1 Å². The van der Waals surface area contributed by atoms with Crippen LogP contribution in [0.3, 0.4) is 0 Å². The van der Waals surface area contributed by atoms with E-state index in [0.717, 1.165) is 32.2 Å². The van der Waals surface area contributed by atoms with Crippen molar-refractivity contribution in [3.63, 3.8) is 0 Å². The number of rotatable bonds is 5. The Balaban J connectivity index is 2.01. The highest BCUT2D eigenvalue weighted by Gasteiger charge is 2.35. The van der Waals surface area contributed by atoms with Gasteiger partial charge in [0.1, 0.15) is 4.21 Å². The average molecular weight is 273 g/mol. The second-order valence-corrected chi connectivity index (χ2v) is 7.97. The van der Waals surface area contributed by atoms with E-state index in [1.54, 1.807) is 12.1 Å². The van der Waals surface area contributed by atoms with Gasteiger partial charge in [-0.05, 0) is 43.7 Å². The van der Waals surface area contributed by atoms with E-state index in [-0.39, 0.29) is 5.25 Å². The molecule has 2 unspecified atom stereocenters. The third-order valence-electron chi connectivity index (χ3n) is 3.28. The fourth-order valence-electron chi connectivity index (χ4n) is 2.35. The topological polar surface area (TPSA) is 46.2 Å². The fourth-order valence-corrected chi connectivity index (χ4v) is 5.43. The standard InChI is InChI=1S/C12H19NO2S2/c1-2-7-13-10-5-6-11(9-10)17(14,15)12-4-3-8-16-12/h3-4,8,10-11,13H,2,5-7,9H2,1H3. The summed E-state index contributed by atoms with van der Waals surface area (Å²) in [7, 11) is -3.07. The third-order valence-corrected chi connectivity index (χ3v) is 6.93. The summed E-state index contributed by atoms with van der Waals surface area (Å²) in [6.07, 6.45) is 3.63. The Kier molecular flexibility index (Phi) is 4.22. The van der Waals surface area contributed by atoms with E-state index < -0.39 is 9.84 Å². The van der Waals surface area contributed by atoms with Gasteiger partial charge in [0.25, 0.3) is 0 Å². The Morgan fingerprint density at radius 3 is 2.94 bits per heavy atom. The molecule has 1 aromatic heterocycles. The van der Waals surface area contributed by atoms with Crippen LogP contribution in [0.15, 0.2) is 21.7 Å². The largest absolute Gasteiger partial charge is 0.314 e. The van der Waals surface area contributed by atoms with Crippen molar-refractivity contribution in [3.8, 4) is 0 Å². The third kappa shape index (κ3) is 2.89. The molecule has 1 heterocycles. The van der Waals surface area contributed by atoms with Crippen molar-refractivity contribution >= 4 is 21.2 Å². The quantitative estimate of drug-likeness (QED) is 0.896. The van der Waals surface area contributed by atoms with Gasteiger partial charge < -0.3 is 5.32 Å². The number of nitrogens with one attached hydrogen (secondary N) is 1. The zero-order chi connectivity index (χ0) is 12.3. The summed E-state index contributed by atoms with van der Waals surface area (Å²) in [5.41, 5.74) is 0. The minimum absolute atomic E-state index is 0.185. The summed E-state index contributed by atoms with van der Waals surface area (Å²) in [6.45, 7) is 3.11. The molecular formula is C12H19NO2S2. The highest BCUT2D eigenvalue weighted by atomic mass is 32.2. The van der Waals surface area contributed by atoms with Gasteiger partial charge in [0.05, 0.1) is 5.25 Å². The lowest BCUT2D eigenvalue weighted by atomic mass is 10.2. The van der Waals surface area contributed by atoms with Gasteiger partial charge in [-0.1, -0.05) is 13.0 Å². The van der Waals surface area contributed by atoms with Gasteiger partial charge in [-0.2, -0.15) is 0 Å². The Bertz CT molecular complexity index is 439. The molecule has 2 rings (SSSR count). The summed E-state index contributed by atoms with van der Waals surface area (Å²) < 4.78 is 25.1. The predicted octanol–water partition coefficient (Wildman–Crippen LogP) is 2.44. The molecule has 1 aromatic rings. The van der Waals surface area contributed by atoms with Crippen LogP contribution in [0.1, 0.15) is 32.6 Å². The molecule has 1 aliphatic rings. The van der Waals surface area contributed by atoms with Crippen molar-refractivity contribution in [2.75, 3.05) is 6.54 Å². The van der Waals surface area contributed by atoms with Crippen LogP contribution in [-0.2, 0) is 9.84 Å². The number of thiophene rings is 1. The Labute approximate surface area is 107 Å². The highest BCUT2D eigenvalue weighted by Crippen LogP contribution is 2.31. The molecule has 0 aromatic carbocycles. The van der Waals surface area contributed by atoms with Crippen LogP contribution in [0.5, 0.6) is 0 Å². The molecule has 96 valence electrons. The first kappa shape index (κ1) is 13.1. The van der Waals surface area contributed by atoms with Crippen molar-refractivity contribution in [3.05, 3.63) is 17.5 Å². The zero-order valence-electron chi connectivity index (χ0n) is 10.1. The van der Waals surface area contributed by atoms with Crippen LogP contribution in [-0.4, -0.2) is 26.3 Å². The molecule has 1 N–H and O–H groups in total. The van der Waals surface area contributed by atoms with Gasteiger partial charge in [0.15, 0.2) is 9.84 Å². The average Bonchev–Trinajstić information content (AvgIpc) is 2.97. The van der Waals surface area contributed by atoms with Gasteiger partial charge in [-0.3, -0.25) is 0 Å². The van der Waals surface area contributed by atoms with Crippen LogP contribution < -0.4 is 5.32 Å². The monoisotopic (exact) mass is 273 g/mol. The molecule has 2 atom stereocenters. The lowest BCUT2D eigenvalue weighted by Gasteiger charge is -2.12. The summed E-state index contributed by atoms with van der Waals surface area (Å²) in [6, 6.07) is 3.90. The van der Waals surface area contributed by atoms with Gasteiger partial charge in [-0.25, -0.2) is 8.42 Å². The summed E-state index contributed by atoms with van der Waals surface area (Å²) in [5, 5.41) is 5.06. The molecule has 1 fully saturated rings. The molecular weight excluding hydrogens is 254 g/mol. The van der Waals surface area contributed by atoms with Crippen molar-refractivity contribution in [2.24, 2.45) is 0 Å². The Morgan fingerprint density at radius 1 is 1.47 bits per heavy atom. The number of hydrogen-bond donors (Lipinski definition) is 1. The molecule has 0 aliphatic heterocycles. The molecule has 1 saturated carbocycles. The molecule has 0 amide bonds. The van der Waals surface area contributed by atoms with Gasteiger partial charge in [0.2, 0.25) is 0 Å². The molecule has 5 heteroatoms. The normalized spacial score (nSPS) is 25.2. The predicted molar refractivity (Wildman–Crippen MR) is 71.2 cm³/mol. The van der Waals surface area contributed by atoms with E-state index in [0.29, 0.717) is 10.3 Å². The van der Waals surface area contributed by atoms with E-state index in [1.165, 1.54) is 11.3 Å². The highest BCUT2D eigenvalue weighted by molar-refractivity contribution is 7.94.